The molecule has 0 amide bonds. The van der Waals surface area contributed by atoms with Crippen molar-refractivity contribution in [3.63, 3.8) is 0 Å². The third-order valence-electron chi connectivity index (χ3n) is 1.36. The van der Waals surface area contributed by atoms with Gasteiger partial charge in [0, 0.05) is 12.5 Å². The molecule has 1 aromatic rings. The Morgan fingerprint density at radius 3 is 2.92 bits per heavy atom. The van der Waals surface area contributed by atoms with Crippen molar-refractivity contribution in [3.05, 3.63) is 11.2 Å². The van der Waals surface area contributed by atoms with E-state index in [2.05, 4.69) is 18.8 Å². The molecule has 0 fully saturated rings. The second-order valence-corrected chi connectivity index (χ2v) is 3.83. The molecule has 0 unspecified atom stereocenters. The van der Waals surface area contributed by atoms with Gasteiger partial charge < -0.3 is 10.5 Å². The summed E-state index contributed by atoms with van der Waals surface area (Å²) in [7, 11) is 0. The van der Waals surface area contributed by atoms with E-state index < -0.39 is 0 Å². The summed E-state index contributed by atoms with van der Waals surface area (Å²) in [6.07, 6.45) is 1.76. The summed E-state index contributed by atoms with van der Waals surface area (Å²) >= 11 is 1.59. The minimum atomic E-state index is 0.477. The van der Waals surface area contributed by atoms with Gasteiger partial charge in [-0.05, 0) is 0 Å². The average Bonchev–Trinajstić information content (AvgIpc) is 2.48. The molecule has 68 valence electrons. The number of nitrogens with zero attached hydrogens (tertiary/aromatic N) is 1. The van der Waals surface area contributed by atoms with E-state index in [1.54, 1.807) is 17.5 Å². The van der Waals surface area contributed by atoms with Crippen LogP contribution in [0.25, 0.3) is 0 Å². The van der Waals surface area contributed by atoms with Crippen molar-refractivity contribution in [2.45, 2.75) is 19.8 Å². The molecule has 0 atom stereocenters. The molecule has 0 saturated carbocycles. The highest BCUT2D eigenvalue weighted by Gasteiger charge is 2.05. The molecule has 0 aliphatic rings. The first-order chi connectivity index (χ1) is 5.74. The van der Waals surface area contributed by atoms with Crippen LogP contribution >= 0.6 is 11.3 Å². The Balaban J connectivity index is 2.52. The monoisotopic (exact) mass is 186 g/mol. The molecule has 4 heteroatoms. The first-order valence-electron chi connectivity index (χ1n) is 4.02. The lowest BCUT2D eigenvalue weighted by atomic mass is 10.2. The van der Waals surface area contributed by atoms with Crippen molar-refractivity contribution < 1.29 is 4.74 Å². The molecule has 0 aliphatic carbocycles. The summed E-state index contributed by atoms with van der Waals surface area (Å²) < 4.78 is 5.32. The highest BCUT2D eigenvalue weighted by Crippen LogP contribution is 2.26. The summed E-state index contributed by atoms with van der Waals surface area (Å²) in [6.45, 7) is 5.35. The Hall–Kier alpha value is -0.610. The van der Waals surface area contributed by atoms with E-state index in [9.17, 15) is 0 Å². The quantitative estimate of drug-likeness (QED) is 0.777. The van der Waals surface area contributed by atoms with Crippen molar-refractivity contribution >= 4 is 11.3 Å². The van der Waals surface area contributed by atoms with Gasteiger partial charge in [0.15, 0.2) is 5.06 Å². The smallest absolute Gasteiger partial charge is 0.194 e. The predicted octanol–water partition coefficient (Wildman–Crippen LogP) is 1.60. The number of aromatic nitrogens is 1. The largest absolute Gasteiger partial charge is 0.481 e. The van der Waals surface area contributed by atoms with E-state index in [1.807, 2.05) is 0 Å². The van der Waals surface area contributed by atoms with Crippen LogP contribution in [0.1, 0.15) is 24.8 Å². The number of nitrogens with two attached hydrogens (primary N) is 1. The fourth-order valence-electron chi connectivity index (χ4n) is 0.765. The van der Waals surface area contributed by atoms with Crippen molar-refractivity contribution in [2.75, 3.05) is 13.2 Å². The topological polar surface area (TPSA) is 48.1 Å². The van der Waals surface area contributed by atoms with Gasteiger partial charge in [0.1, 0.15) is 6.61 Å². The molecule has 0 spiro atoms. The lowest BCUT2D eigenvalue weighted by Gasteiger charge is -1.98. The maximum Gasteiger partial charge on any atom is 0.194 e. The van der Waals surface area contributed by atoms with Gasteiger partial charge in [0.05, 0.1) is 11.2 Å². The van der Waals surface area contributed by atoms with E-state index in [1.165, 1.54) is 0 Å². The first kappa shape index (κ1) is 9.48. The van der Waals surface area contributed by atoms with Gasteiger partial charge in [0.2, 0.25) is 0 Å². The molecule has 1 aromatic heterocycles. The molecule has 0 saturated heterocycles. The number of hydrogen-bond donors (Lipinski definition) is 1. The van der Waals surface area contributed by atoms with Crippen molar-refractivity contribution in [3.8, 4) is 5.06 Å². The molecule has 0 aromatic carbocycles. The Morgan fingerprint density at radius 2 is 2.42 bits per heavy atom. The molecule has 2 N–H and O–H groups in total. The summed E-state index contributed by atoms with van der Waals surface area (Å²) in [6, 6.07) is 0. The summed E-state index contributed by atoms with van der Waals surface area (Å²) in [5, 5.41) is 1.98. The second kappa shape index (κ2) is 4.42. The van der Waals surface area contributed by atoms with Gasteiger partial charge in [-0.1, -0.05) is 25.2 Å². The highest BCUT2D eigenvalue weighted by molar-refractivity contribution is 7.13. The van der Waals surface area contributed by atoms with Gasteiger partial charge in [-0.2, -0.15) is 0 Å². The number of thiazole rings is 1. The Labute approximate surface area is 76.6 Å². The maximum atomic E-state index is 5.32. The van der Waals surface area contributed by atoms with Crippen LogP contribution < -0.4 is 10.5 Å². The number of hydrogen-bond acceptors (Lipinski definition) is 4. The normalized spacial score (nSPS) is 10.7. The van der Waals surface area contributed by atoms with E-state index in [4.69, 9.17) is 10.5 Å². The second-order valence-electron chi connectivity index (χ2n) is 2.81. The lowest BCUT2D eigenvalue weighted by Crippen LogP contribution is -2.09. The van der Waals surface area contributed by atoms with Gasteiger partial charge in [-0.25, -0.2) is 4.98 Å². The molecular weight excluding hydrogens is 172 g/mol. The molecule has 12 heavy (non-hydrogen) atoms. The van der Waals surface area contributed by atoms with Crippen molar-refractivity contribution in [1.29, 1.82) is 0 Å². The fourth-order valence-corrected chi connectivity index (χ4v) is 1.56. The maximum absolute atomic E-state index is 5.32. The van der Waals surface area contributed by atoms with Gasteiger partial charge >= 0.3 is 0 Å². The molecule has 0 aliphatic heterocycles. The zero-order valence-corrected chi connectivity index (χ0v) is 8.23. The van der Waals surface area contributed by atoms with E-state index in [0.29, 0.717) is 19.1 Å². The van der Waals surface area contributed by atoms with E-state index in [-0.39, 0.29) is 0 Å². The first-order valence-corrected chi connectivity index (χ1v) is 4.84. The number of rotatable bonds is 4. The van der Waals surface area contributed by atoms with Crippen molar-refractivity contribution in [2.24, 2.45) is 5.73 Å². The van der Waals surface area contributed by atoms with Crippen LogP contribution in [0.2, 0.25) is 0 Å². The molecule has 0 bridgehead atoms. The highest BCUT2D eigenvalue weighted by atomic mass is 32.1. The minimum absolute atomic E-state index is 0.477. The van der Waals surface area contributed by atoms with Crippen LogP contribution in [0.5, 0.6) is 5.06 Å². The van der Waals surface area contributed by atoms with Crippen LogP contribution in [0.3, 0.4) is 0 Å². The van der Waals surface area contributed by atoms with Gasteiger partial charge in [-0.3, -0.25) is 0 Å². The average molecular weight is 186 g/mol. The minimum Gasteiger partial charge on any atom is -0.481 e. The third kappa shape index (κ3) is 2.46. The van der Waals surface area contributed by atoms with Crippen molar-refractivity contribution in [1.82, 2.24) is 4.98 Å². The predicted molar refractivity (Wildman–Crippen MR) is 50.8 cm³/mol. The van der Waals surface area contributed by atoms with Crippen LogP contribution in [0, 0.1) is 0 Å². The summed E-state index contributed by atoms with van der Waals surface area (Å²) in [4.78, 5) is 4.22. The molecule has 1 heterocycles. The zero-order valence-electron chi connectivity index (χ0n) is 7.41. The third-order valence-corrected chi connectivity index (χ3v) is 2.57. The van der Waals surface area contributed by atoms with Crippen LogP contribution in [0.15, 0.2) is 6.20 Å². The molecule has 3 nitrogen and oxygen atoms in total. The Bertz CT molecular complexity index is 235. The van der Waals surface area contributed by atoms with Crippen LogP contribution in [-0.2, 0) is 0 Å². The molecule has 1 rings (SSSR count). The SMILES string of the molecule is CC(C)c1ncc(OCCN)s1. The Kier molecular flexibility index (Phi) is 3.49. The number of ether oxygens (including phenoxy) is 1. The van der Waals surface area contributed by atoms with E-state index in [0.717, 1.165) is 10.1 Å². The van der Waals surface area contributed by atoms with Gasteiger partial charge in [-0.15, -0.1) is 0 Å². The molecule has 0 radical (unpaired) electrons. The summed E-state index contributed by atoms with van der Waals surface area (Å²) in [5.74, 6) is 0.477. The zero-order chi connectivity index (χ0) is 8.97. The molecular formula is C8H14N2OS. The summed E-state index contributed by atoms with van der Waals surface area (Å²) in [5.41, 5.74) is 5.30. The van der Waals surface area contributed by atoms with Crippen LogP contribution in [-0.4, -0.2) is 18.1 Å². The van der Waals surface area contributed by atoms with E-state index >= 15 is 0 Å². The standard InChI is InChI=1S/C8H14N2OS/c1-6(2)8-10-5-7(12-8)11-4-3-9/h5-6H,3-4,9H2,1-2H3. The lowest BCUT2D eigenvalue weighted by molar-refractivity contribution is 0.337. The Morgan fingerprint density at radius 1 is 1.67 bits per heavy atom. The fraction of sp³-hybridized carbons (Fsp3) is 0.625. The van der Waals surface area contributed by atoms with Crippen LogP contribution in [0.4, 0.5) is 0 Å². The van der Waals surface area contributed by atoms with Gasteiger partial charge in [0.25, 0.3) is 0 Å².